The first-order valence-electron chi connectivity index (χ1n) is 6.16. The summed E-state index contributed by atoms with van der Waals surface area (Å²) in [7, 11) is -2.15. The first-order chi connectivity index (χ1) is 8.25. The quantitative estimate of drug-likeness (QED) is 0.791. The summed E-state index contributed by atoms with van der Waals surface area (Å²) >= 11 is 0. The summed E-state index contributed by atoms with van der Waals surface area (Å²) in [5.74, 6) is 0. The predicted octanol–water partition coefficient (Wildman–Crippen LogP) is 3.29. The Bertz CT molecular complexity index is 378. The molecule has 0 aliphatic rings. The van der Waals surface area contributed by atoms with Gasteiger partial charge in [-0.2, -0.15) is 0 Å². The topological polar surface area (TPSA) is 64.6 Å². The van der Waals surface area contributed by atoms with Crippen LogP contribution >= 0.6 is 7.60 Å². The van der Waals surface area contributed by atoms with Crippen LogP contribution in [0, 0.1) is 5.41 Å². The highest BCUT2D eigenvalue weighted by atomic mass is 32.2. The standard InChI is InChI=1S/C12H28NO4PS/c1-10(2,3)12(7,18(14,16-8)17-9)13-19(15)11(4,5)6/h13H,1-9H3/t12-,19+/m1/s1. The van der Waals surface area contributed by atoms with E-state index >= 15 is 0 Å². The van der Waals surface area contributed by atoms with Crippen molar-refractivity contribution in [3.8, 4) is 0 Å². The monoisotopic (exact) mass is 313 g/mol. The molecule has 0 amide bonds. The van der Waals surface area contributed by atoms with Gasteiger partial charge in [-0.1, -0.05) is 20.8 Å². The van der Waals surface area contributed by atoms with Crippen LogP contribution in [0.3, 0.4) is 0 Å². The molecule has 0 fully saturated rings. The third kappa shape index (κ3) is 3.88. The van der Waals surface area contributed by atoms with Crippen molar-refractivity contribution in [3.63, 3.8) is 0 Å². The summed E-state index contributed by atoms with van der Waals surface area (Å²) in [6, 6.07) is 0. The Balaban J connectivity index is 5.73. The second-order valence-electron chi connectivity index (χ2n) is 6.67. The lowest BCUT2D eigenvalue weighted by molar-refractivity contribution is 0.181. The van der Waals surface area contributed by atoms with Crippen molar-refractivity contribution in [3.05, 3.63) is 0 Å². The van der Waals surface area contributed by atoms with Crippen LogP contribution in [0.15, 0.2) is 0 Å². The molecule has 0 bridgehead atoms. The van der Waals surface area contributed by atoms with E-state index in [0.717, 1.165) is 0 Å². The molecule has 0 aliphatic heterocycles. The highest BCUT2D eigenvalue weighted by Crippen LogP contribution is 2.63. The van der Waals surface area contributed by atoms with Crippen molar-refractivity contribution in [2.24, 2.45) is 5.41 Å². The molecule has 0 spiro atoms. The molecule has 0 aromatic heterocycles. The zero-order chi connectivity index (χ0) is 15.7. The number of hydrogen-bond acceptors (Lipinski definition) is 4. The second-order valence-corrected chi connectivity index (χ2v) is 11.3. The Morgan fingerprint density at radius 3 is 1.53 bits per heavy atom. The lowest BCUT2D eigenvalue weighted by Crippen LogP contribution is -2.55. The van der Waals surface area contributed by atoms with Crippen molar-refractivity contribution in [2.75, 3.05) is 14.2 Å². The molecule has 0 aromatic rings. The molecule has 0 heterocycles. The zero-order valence-electron chi connectivity index (χ0n) is 13.5. The van der Waals surface area contributed by atoms with Crippen LogP contribution in [0.1, 0.15) is 48.5 Å². The van der Waals surface area contributed by atoms with Crippen LogP contribution in [0.25, 0.3) is 0 Å². The molecule has 19 heavy (non-hydrogen) atoms. The zero-order valence-corrected chi connectivity index (χ0v) is 15.2. The number of nitrogens with one attached hydrogen (secondary N) is 1. The van der Waals surface area contributed by atoms with E-state index < -0.39 is 34.0 Å². The van der Waals surface area contributed by atoms with Gasteiger partial charge in [-0.25, -0.2) is 8.93 Å². The molecule has 2 atom stereocenters. The molecule has 0 radical (unpaired) electrons. The van der Waals surface area contributed by atoms with E-state index in [1.807, 2.05) is 41.5 Å². The Morgan fingerprint density at radius 1 is 0.947 bits per heavy atom. The van der Waals surface area contributed by atoms with Crippen molar-refractivity contribution in [1.82, 2.24) is 4.72 Å². The van der Waals surface area contributed by atoms with Crippen LogP contribution in [0.5, 0.6) is 0 Å². The SMILES string of the molecule is COP(=O)(OC)[C@@](C)(N[S@@](=O)C(C)(C)C)C(C)(C)C. The Labute approximate surface area is 120 Å². The largest absolute Gasteiger partial charge is 0.351 e. The first-order valence-corrected chi connectivity index (χ1v) is 8.86. The lowest BCUT2D eigenvalue weighted by Gasteiger charge is -2.45. The van der Waals surface area contributed by atoms with Crippen molar-refractivity contribution >= 4 is 18.6 Å². The van der Waals surface area contributed by atoms with E-state index in [-0.39, 0.29) is 0 Å². The van der Waals surface area contributed by atoms with Crippen LogP contribution in [-0.2, 0) is 24.6 Å². The minimum atomic E-state index is -3.45. The Kier molecular flexibility index (Phi) is 6.02. The van der Waals surface area contributed by atoms with E-state index in [4.69, 9.17) is 9.05 Å². The second kappa shape index (κ2) is 5.94. The van der Waals surface area contributed by atoms with E-state index in [2.05, 4.69) is 4.72 Å². The minimum absolute atomic E-state index is 0.473. The smallest absolute Gasteiger partial charge is 0.311 e. The third-order valence-corrected chi connectivity index (χ3v) is 8.03. The van der Waals surface area contributed by atoms with Gasteiger partial charge in [0.15, 0.2) is 0 Å². The van der Waals surface area contributed by atoms with E-state index in [1.165, 1.54) is 14.2 Å². The average Bonchev–Trinajstić information content (AvgIpc) is 2.24. The lowest BCUT2D eigenvalue weighted by atomic mass is 9.88. The van der Waals surface area contributed by atoms with Crippen molar-refractivity contribution in [1.29, 1.82) is 0 Å². The maximum atomic E-state index is 12.8. The van der Waals surface area contributed by atoms with Crippen LogP contribution in [0.4, 0.5) is 0 Å². The summed E-state index contributed by atoms with van der Waals surface area (Å²) in [4.78, 5) is 0. The highest BCUT2D eigenvalue weighted by molar-refractivity contribution is 7.84. The highest BCUT2D eigenvalue weighted by Gasteiger charge is 2.55. The number of rotatable bonds is 5. The Morgan fingerprint density at radius 2 is 1.32 bits per heavy atom. The average molecular weight is 313 g/mol. The van der Waals surface area contributed by atoms with Gasteiger partial charge in [0.25, 0.3) is 0 Å². The summed E-state index contributed by atoms with van der Waals surface area (Å²) < 4.78 is 38.0. The molecule has 0 saturated heterocycles. The molecular formula is C12H28NO4PS. The molecule has 0 saturated carbocycles. The van der Waals surface area contributed by atoms with Gasteiger partial charge >= 0.3 is 7.60 Å². The minimum Gasteiger partial charge on any atom is -0.311 e. The first kappa shape index (κ1) is 19.3. The summed E-state index contributed by atoms with van der Waals surface area (Å²) in [6.45, 7) is 13.0. The normalized spacial score (nSPS) is 19.0. The van der Waals surface area contributed by atoms with Gasteiger partial charge in [-0.3, -0.25) is 4.57 Å². The van der Waals surface area contributed by atoms with Crippen LogP contribution in [-0.4, -0.2) is 28.5 Å². The Hall–Kier alpha value is 0.260. The molecule has 5 nitrogen and oxygen atoms in total. The van der Waals surface area contributed by atoms with E-state index in [9.17, 15) is 8.77 Å². The molecule has 0 unspecified atom stereocenters. The van der Waals surface area contributed by atoms with Gasteiger partial charge in [0.2, 0.25) is 0 Å². The fourth-order valence-electron chi connectivity index (χ4n) is 1.39. The summed E-state index contributed by atoms with van der Waals surface area (Å²) in [6.07, 6.45) is 0. The molecule has 0 aliphatic carbocycles. The molecular weight excluding hydrogens is 285 g/mol. The third-order valence-electron chi connectivity index (χ3n) is 3.34. The van der Waals surface area contributed by atoms with Crippen LogP contribution < -0.4 is 4.72 Å². The summed E-state index contributed by atoms with van der Waals surface area (Å²) in [5.41, 5.74) is -0.477. The molecule has 0 aromatic carbocycles. The molecule has 0 rings (SSSR count). The van der Waals surface area contributed by atoms with Gasteiger partial charge < -0.3 is 9.05 Å². The van der Waals surface area contributed by atoms with E-state index in [1.54, 1.807) is 6.92 Å². The predicted molar refractivity (Wildman–Crippen MR) is 80.5 cm³/mol. The fourth-order valence-corrected chi connectivity index (χ4v) is 4.76. The van der Waals surface area contributed by atoms with Gasteiger partial charge in [0.1, 0.15) is 5.28 Å². The van der Waals surface area contributed by atoms with Gasteiger partial charge in [-0.05, 0) is 33.1 Å². The van der Waals surface area contributed by atoms with E-state index in [0.29, 0.717) is 0 Å². The number of hydrogen-bond donors (Lipinski definition) is 1. The summed E-state index contributed by atoms with van der Waals surface area (Å²) in [5, 5.41) is -1.07. The molecule has 7 heteroatoms. The maximum Gasteiger partial charge on any atom is 0.351 e. The van der Waals surface area contributed by atoms with Gasteiger partial charge in [-0.15, -0.1) is 0 Å². The molecule has 1 N–H and O–H groups in total. The maximum absolute atomic E-state index is 12.8. The van der Waals surface area contributed by atoms with Crippen LogP contribution in [0.2, 0.25) is 0 Å². The van der Waals surface area contributed by atoms with Gasteiger partial charge in [0, 0.05) is 14.2 Å². The van der Waals surface area contributed by atoms with Gasteiger partial charge in [0.05, 0.1) is 15.7 Å². The van der Waals surface area contributed by atoms with Crippen molar-refractivity contribution < 1.29 is 17.8 Å². The fraction of sp³-hybridized carbons (Fsp3) is 1.00. The molecule has 116 valence electrons. The van der Waals surface area contributed by atoms with Crippen molar-refractivity contribution in [2.45, 2.75) is 58.5 Å².